The van der Waals surface area contributed by atoms with E-state index in [-0.39, 0.29) is 19.0 Å². The van der Waals surface area contributed by atoms with Crippen LogP contribution in [0.15, 0.2) is 18.2 Å². The molecule has 0 unspecified atom stereocenters. The van der Waals surface area contributed by atoms with Gasteiger partial charge in [0.15, 0.2) is 5.78 Å². The van der Waals surface area contributed by atoms with Crippen molar-refractivity contribution in [1.29, 1.82) is 0 Å². The molecular formula is C11H14O3. The standard InChI is InChI=1S/C11H14O3/c1-8-7-10(9(2)13)3-4-11(8)14-6-5-12/h3-4,7,12H,5-6H2,1-2H3. The van der Waals surface area contributed by atoms with Gasteiger partial charge in [0.1, 0.15) is 12.4 Å². The lowest BCUT2D eigenvalue weighted by atomic mass is 10.1. The van der Waals surface area contributed by atoms with Gasteiger partial charge in [0.25, 0.3) is 0 Å². The first-order valence-corrected chi connectivity index (χ1v) is 4.50. The highest BCUT2D eigenvalue weighted by atomic mass is 16.5. The molecular weight excluding hydrogens is 180 g/mol. The molecule has 1 N–H and O–H groups in total. The largest absolute Gasteiger partial charge is 0.491 e. The van der Waals surface area contributed by atoms with Crippen molar-refractivity contribution < 1.29 is 14.6 Å². The van der Waals surface area contributed by atoms with Crippen LogP contribution in [0.25, 0.3) is 0 Å². The first-order valence-electron chi connectivity index (χ1n) is 4.50. The topological polar surface area (TPSA) is 46.5 Å². The van der Waals surface area contributed by atoms with E-state index in [0.717, 1.165) is 5.56 Å². The van der Waals surface area contributed by atoms with Gasteiger partial charge in [-0.05, 0) is 37.6 Å². The highest BCUT2D eigenvalue weighted by Crippen LogP contribution is 2.19. The molecule has 3 nitrogen and oxygen atoms in total. The third kappa shape index (κ3) is 2.57. The van der Waals surface area contributed by atoms with E-state index in [2.05, 4.69) is 0 Å². The summed E-state index contributed by atoms with van der Waals surface area (Å²) in [7, 11) is 0. The third-order valence-electron chi connectivity index (χ3n) is 1.93. The summed E-state index contributed by atoms with van der Waals surface area (Å²) in [4.78, 5) is 11.0. The summed E-state index contributed by atoms with van der Waals surface area (Å²) < 4.78 is 5.26. The van der Waals surface area contributed by atoms with Crippen molar-refractivity contribution in [2.45, 2.75) is 13.8 Å². The summed E-state index contributed by atoms with van der Waals surface area (Å²) in [5.74, 6) is 0.755. The van der Waals surface area contributed by atoms with Crippen LogP contribution in [0.1, 0.15) is 22.8 Å². The molecule has 0 fully saturated rings. The number of ketones is 1. The molecule has 1 aromatic carbocycles. The zero-order chi connectivity index (χ0) is 10.6. The molecule has 0 saturated carbocycles. The summed E-state index contributed by atoms with van der Waals surface area (Å²) in [5.41, 5.74) is 1.59. The first kappa shape index (κ1) is 10.7. The van der Waals surface area contributed by atoms with Crippen LogP contribution in [0.2, 0.25) is 0 Å². The van der Waals surface area contributed by atoms with E-state index < -0.39 is 0 Å². The maximum Gasteiger partial charge on any atom is 0.159 e. The van der Waals surface area contributed by atoms with Crippen molar-refractivity contribution >= 4 is 5.78 Å². The van der Waals surface area contributed by atoms with Crippen LogP contribution in [-0.4, -0.2) is 24.1 Å². The Bertz CT molecular complexity index is 331. The van der Waals surface area contributed by atoms with Crippen LogP contribution in [-0.2, 0) is 0 Å². The average Bonchev–Trinajstić information content (AvgIpc) is 2.15. The molecule has 0 bridgehead atoms. The second kappa shape index (κ2) is 4.77. The molecule has 0 amide bonds. The van der Waals surface area contributed by atoms with Crippen molar-refractivity contribution in [1.82, 2.24) is 0 Å². The number of benzene rings is 1. The van der Waals surface area contributed by atoms with E-state index >= 15 is 0 Å². The molecule has 1 aromatic rings. The van der Waals surface area contributed by atoms with E-state index in [1.54, 1.807) is 18.2 Å². The summed E-state index contributed by atoms with van der Waals surface area (Å²) in [6, 6.07) is 5.26. The molecule has 0 radical (unpaired) electrons. The van der Waals surface area contributed by atoms with Gasteiger partial charge in [0.2, 0.25) is 0 Å². The van der Waals surface area contributed by atoms with Gasteiger partial charge in [-0.2, -0.15) is 0 Å². The fourth-order valence-electron chi connectivity index (χ4n) is 1.19. The molecule has 1 rings (SSSR count). The van der Waals surface area contributed by atoms with Gasteiger partial charge in [-0.3, -0.25) is 4.79 Å². The van der Waals surface area contributed by atoms with Crippen LogP contribution in [0.4, 0.5) is 0 Å². The summed E-state index contributed by atoms with van der Waals surface area (Å²) in [6.45, 7) is 3.68. The molecule has 0 heterocycles. The Morgan fingerprint density at radius 1 is 1.50 bits per heavy atom. The number of carbonyl (C=O) groups excluding carboxylic acids is 1. The average molecular weight is 194 g/mol. The fraction of sp³-hybridized carbons (Fsp3) is 0.364. The fourth-order valence-corrected chi connectivity index (χ4v) is 1.19. The minimum absolute atomic E-state index is 0.00605. The Morgan fingerprint density at radius 3 is 2.71 bits per heavy atom. The Kier molecular flexibility index (Phi) is 3.65. The predicted octanol–water partition coefficient (Wildman–Crippen LogP) is 1.57. The van der Waals surface area contributed by atoms with Crippen LogP contribution < -0.4 is 4.74 Å². The number of rotatable bonds is 4. The number of carbonyl (C=O) groups is 1. The van der Waals surface area contributed by atoms with Crippen molar-refractivity contribution in [3.63, 3.8) is 0 Å². The van der Waals surface area contributed by atoms with E-state index in [9.17, 15) is 4.79 Å². The minimum Gasteiger partial charge on any atom is -0.491 e. The van der Waals surface area contributed by atoms with Crippen LogP contribution in [0.3, 0.4) is 0 Å². The van der Waals surface area contributed by atoms with Crippen molar-refractivity contribution in [2.75, 3.05) is 13.2 Å². The van der Waals surface area contributed by atoms with Gasteiger partial charge in [-0.25, -0.2) is 0 Å². The SMILES string of the molecule is CC(=O)c1ccc(OCCO)c(C)c1. The Morgan fingerprint density at radius 2 is 2.21 bits per heavy atom. The zero-order valence-corrected chi connectivity index (χ0v) is 8.41. The highest BCUT2D eigenvalue weighted by Gasteiger charge is 2.03. The normalized spacial score (nSPS) is 9.93. The van der Waals surface area contributed by atoms with Crippen LogP contribution >= 0.6 is 0 Å². The lowest BCUT2D eigenvalue weighted by Crippen LogP contribution is -2.03. The van der Waals surface area contributed by atoms with Crippen molar-refractivity contribution in [3.8, 4) is 5.75 Å². The smallest absolute Gasteiger partial charge is 0.159 e. The maximum atomic E-state index is 11.0. The second-order valence-electron chi connectivity index (χ2n) is 3.11. The Balaban J connectivity index is 2.84. The Hall–Kier alpha value is -1.35. The van der Waals surface area contributed by atoms with E-state index in [1.807, 2.05) is 6.92 Å². The number of aryl methyl sites for hydroxylation is 1. The molecule has 76 valence electrons. The molecule has 0 atom stereocenters. The summed E-state index contributed by atoms with van der Waals surface area (Å²) >= 11 is 0. The molecule has 0 saturated heterocycles. The Labute approximate surface area is 83.3 Å². The van der Waals surface area contributed by atoms with E-state index in [0.29, 0.717) is 11.3 Å². The van der Waals surface area contributed by atoms with Gasteiger partial charge in [-0.1, -0.05) is 0 Å². The summed E-state index contributed by atoms with van der Waals surface area (Å²) in [6.07, 6.45) is 0. The van der Waals surface area contributed by atoms with E-state index in [1.165, 1.54) is 6.92 Å². The zero-order valence-electron chi connectivity index (χ0n) is 8.41. The quantitative estimate of drug-likeness (QED) is 0.740. The number of aliphatic hydroxyl groups is 1. The molecule has 0 aromatic heterocycles. The van der Waals surface area contributed by atoms with Crippen molar-refractivity contribution in [2.24, 2.45) is 0 Å². The highest BCUT2D eigenvalue weighted by molar-refractivity contribution is 5.94. The minimum atomic E-state index is -0.00605. The van der Waals surface area contributed by atoms with Crippen molar-refractivity contribution in [3.05, 3.63) is 29.3 Å². The molecule has 3 heteroatoms. The predicted molar refractivity (Wildman–Crippen MR) is 53.8 cm³/mol. The number of hydrogen-bond donors (Lipinski definition) is 1. The lowest BCUT2D eigenvalue weighted by molar-refractivity contribution is 0.101. The number of aliphatic hydroxyl groups excluding tert-OH is 1. The molecule has 0 aliphatic heterocycles. The van der Waals surface area contributed by atoms with Crippen LogP contribution in [0.5, 0.6) is 5.75 Å². The molecule has 0 spiro atoms. The maximum absolute atomic E-state index is 11.0. The van der Waals surface area contributed by atoms with Crippen LogP contribution in [0, 0.1) is 6.92 Å². The molecule has 0 aliphatic carbocycles. The third-order valence-corrected chi connectivity index (χ3v) is 1.93. The number of Topliss-reactive ketones (excluding diaryl/α,β-unsaturated/α-hetero) is 1. The summed E-state index contributed by atoms with van der Waals surface area (Å²) in [5, 5.41) is 8.58. The van der Waals surface area contributed by atoms with Gasteiger partial charge in [0, 0.05) is 5.56 Å². The van der Waals surface area contributed by atoms with Gasteiger partial charge >= 0.3 is 0 Å². The van der Waals surface area contributed by atoms with E-state index in [4.69, 9.17) is 9.84 Å². The lowest BCUT2D eigenvalue weighted by Gasteiger charge is -2.08. The first-order chi connectivity index (χ1) is 6.65. The van der Waals surface area contributed by atoms with Gasteiger partial charge in [-0.15, -0.1) is 0 Å². The molecule has 14 heavy (non-hydrogen) atoms. The van der Waals surface area contributed by atoms with Gasteiger partial charge in [0.05, 0.1) is 6.61 Å². The number of hydrogen-bond acceptors (Lipinski definition) is 3. The number of ether oxygens (including phenoxy) is 1. The van der Waals surface area contributed by atoms with Gasteiger partial charge < -0.3 is 9.84 Å². The second-order valence-corrected chi connectivity index (χ2v) is 3.11. The monoisotopic (exact) mass is 194 g/mol. The molecule has 0 aliphatic rings.